The third-order valence-corrected chi connectivity index (χ3v) is 4.22. The van der Waals surface area contributed by atoms with Crippen LogP contribution in [0.3, 0.4) is 0 Å². The number of ether oxygens (including phenoxy) is 2. The minimum Gasteiger partial charge on any atom is -0.496 e. The van der Waals surface area contributed by atoms with Gasteiger partial charge in [-0.3, -0.25) is 4.79 Å². The van der Waals surface area contributed by atoms with Gasteiger partial charge in [0.15, 0.2) is 5.78 Å². The largest absolute Gasteiger partial charge is 0.496 e. The molecule has 0 radical (unpaired) electrons. The molecule has 0 aliphatic carbocycles. The van der Waals surface area contributed by atoms with Gasteiger partial charge in [-0.15, -0.1) is 0 Å². The maximum Gasteiger partial charge on any atom is 0.168 e. The average Bonchev–Trinajstić information content (AvgIpc) is 2.62. The van der Waals surface area contributed by atoms with Crippen LogP contribution in [0.1, 0.15) is 36.7 Å². The van der Waals surface area contributed by atoms with Crippen LogP contribution in [0.2, 0.25) is 0 Å². The lowest BCUT2D eigenvalue weighted by atomic mass is 9.83. The van der Waals surface area contributed by atoms with Gasteiger partial charge >= 0.3 is 0 Å². The summed E-state index contributed by atoms with van der Waals surface area (Å²) in [6, 6.07) is 5.61. The second-order valence-corrected chi connectivity index (χ2v) is 5.48. The van der Waals surface area contributed by atoms with Gasteiger partial charge in [0.05, 0.1) is 25.2 Å². The summed E-state index contributed by atoms with van der Waals surface area (Å²) < 4.78 is 11.0. The molecule has 1 aromatic carbocycles. The standard InChI is InChI=1S/C16H22O3/c1-9-8-13(6-7-14(9)18-5)16(17)15-10(2)11(3)19-12(15)4/h6-8,10-12,15H,1-5H3. The zero-order valence-corrected chi connectivity index (χ0v) is 12.3. The van der Waals surface area contributed by atoms with E-state index in [2.05, 4.69) is 6.92 Å². The molecule has 19 heavy (non-hydrogen) atoms. The van der Waals surface area contributed by atoms with Crippen LogP contribution in [-0.2, 0) is 4.74 Å². The van der Waals surface area contributed by atoms with E-state index < -0.39 is 0 Å². The minimum absolute atomic E-state index is 0.0140. The summed E-state index contributed by atoms with van der Waals surface area (Å²) >= 11 is 0. The van der Waals surface area contributed by atoms with Crippen molar-refractivity contribution in [1.29, 1.82) is 0 Å². The highest BCUT2D eigenvalue weighted by atomic mass is 16.5. The SMILES string of the molecule is COc1ccc(C(=O)C2C(C)OC(C)C2C)cc1C. The molecular weight excluding hydrogens is 240 g/mol. The summed E-state index contributed by atoms with van der Waals surface area (Å²) in [6.07, 6.45) is 0.128. The number of aryl methyl sites for hydroxylation is 1. The van der Waals surface area contributed by atoms with Gasteiger partial charge in [0.1, 0.15) is 5.75 Å². The Morgan fingerprint density at radius 2 is 1.89 bits per heavy atom. The molecule has 0 spiro atoms. The maximum absolute atomic E-state index is 12.6. The van der Waals surface area contributed by atoms with Gasteiger partial charge in [0.25, 0.3) is 0 Å². The Morgan fingerprint density at radius 1 is 1.21 bits per heavy atom. The third-order valence-electron chi connectivity index (χ3n) is 4.22. The Labute approximate surface area is 114 Å². The number of hydrogen-bond donors (Lipinski definition) is 0. The number of Topliss-reactive ketones (excluding diaryl/α,β-unsaturated/α-hetero) is 1. The molecule has 2 rings (SSSR count). The summed E-state index contributed by atoms with van der Waals surface area (Å²) in [5, 5.41) is 0. The molecule has 1 saturated heterocycles. The van der Waals surface area contributed by atoms with Gasteiger partial charge in [0, 0.05) is 5.56 Å². The lowest BCUT2D eigenvalue weighted by molar-refractivity contribution is 0.0491. The molecule has 0 N–H and O–H groups in total. The lowest BCUT2D eigenvalue weighted by Gasteiger charge is -2.17. The van der Waals surface area contributed by atoms with Crippen molar-refractivity contribution in [3.05, 3.63) is 29.3 Å². The van der Waals surface area contributed by atoms with E-state index in [1.165, 1.54) is 0 Å². The van der Waals surface area contributed by atoms with E-state index in [9.17, 15) is 4.79 Å². The minimum atomic E-state index is -0.0530. The molecule has 0 saturated carbocycles. The highest BCUT2D eigenvalue weighted by molar-refractivity contribution is 5.99. The summed E-state index contributed by atoms with van der Waals surface area (Å²) in [7, 11) is 1.64. The first-order valence-electron chi connectivity index (χ1n) is 6.80. The number of methoxy groups -OCH3 is 1. The van der Waals surface area contributed by atoms with Crippen molar-refractivity contribution in [2.24, 2.45) is 11.8 Å². The van der Waals surface area contributed by atoms with Crippen LogP contribution in [0.15, 0.2) is 18.2 Å². The highest BCUT2D eigenvalue weighted by Gasteiger charge is 2.41. The highest BCUT2D eigenvalue weighted by Crippen LogP contribution is 2.35. The van der Waals surface area contributed by atoms with Gasteiger partial charge in [-0.25, -0.2) is 0 Å². The van der Waals surface area contributed by atoms with Crippen LogP contribution in [0, 0.1) is 18.8 Å². The maximum atomic E-state index is 12.6. The zero-order chi connectivity index (χ0) is 14.2. The summed E-state index contributed by atoms with van der Waals surface area (Å²) in [4.78, 5) is 12.6. The van der Waals surface area contributed by atoms with Crippen molar-refractivity contribution in [3.63, 3.8) is 0 Å². The summed E-state index contributed by atoms with van der Waals surface area (Å²) in [5.41, 5.74) is 1.74. The second-order valence-electron chi connectivity index (χ2n) is 5.48. The molecule has 0 amide bonds. The number of carbonyl (C=O) groups is 1. The fourth-order valence-electron chi connectivity index (χ4n) is 2.94. The smallest absolute Gasteiger partial charge is 0.168 e. The quantitative estimate of drug-likeness (QED) is 0.784. The van der Waals surface area contributed by atoms with Crippen molar-refractivity contribution in [2.45, 2.75) is 39.9 Å². The van der Waals surface area contributed by atoms with Gasteiger partial charge in [-0.05, 0) is 50.5 Å². The molecule has 1 aromatic rings. The molecule has 0 bridgehead atoms. The van der Waals surface area contributed by atoms with Crippen molar-refractivity contribution in [3.8, 4) is 5.75 Å². The van der Waals surface area contributed by atoms with Crippen molar-refractivity contribution in [1.82, 2.24) is 0 Å². The van der Waals surface area contributed by atoms with Crippen LogP contribution < -0.4 is 4.74 Å². The van der Waals surface area contributed by atoms with Crippen molar-refractivity contribution in [2.75, 3.05) is 7.11 Å². The van der Waals surface area contributed by atoms with Crippen molar-refractivity contribution >= 4 is 5.78 Å². The molecule has 4 atom stereocenters. The van der Waals surface area contributed by atoms with Gasteiger partial charge in [0.2, 0.25) is 0 Å². The third kappa shape index (κ3) is 2.52. The predicted octanol–water partition coefficient (Wildman–Crippen LogP) is 3.25. The van der Waals surface area contributed by atoms with Gasteiger partial charge < -0.3 is 9.47 Å². The van der Waals surface area contributed by atoms with Crippen LogP contribution in [0.25, 0.3) is 0 Å². The number of ketones is 1. The Balaban J connectivity index is 2.27. The van der Waals surface area contributed by atoms with Gasteiger partial charge in [-0.2, -0.15) is 0 Å². The van der Waals surface area contributed by atoms with Crippen molar-refractivity contribution < 1.29 is 14.3 Å². The Morgan fingerprint density at radius 3 is 2.37 bits per heavy atom. The lowest BCUT2D eigenvalue weighted by Crippen LogP contribution is -2.26. The molecule has 1 fully saturated rings. The van der Waals surface area contributed by atoms with Crippen LogP contribution in [-0.4, -0.2) is 25.1 Å². The molecule has 1 heterocycles. The number of hydrogen-bond acceptors (Lipinski definition) is 3. The molecule has 1 aliphatic rings. The molecular formula is C16H22O3. The second kappa shape index (κ2) is 5.33. The molecule has 4 unspecified atom stereocenters. The molecule has 1 aliphatic heterocycles. The van der Waals surface area contributed by atoms with Gasteiger partial charge in [-0.1, -0.05) is 6.92 Å². The first-order valence-corrected chi connectivity index (χ1v) is 6.80. The summed E-state index contributed by atoms with van der Waals surface area (Å²) in [5.74, 6) is 1.19. The van der Waals surface area contributed by atoms with E-state index in [-0.39, 0.29) is 29.8 Å². The number of benzene rings is 1. The van der Waals surface area contributed by atoms with Crippen LogP contribution in [0.4, 0.5) is 0 Å². The van der Waals surface area contributed by atoms with E-state index >= 15 is 0 Å². The Kier molecular flexibility index (Phi) is 3.95. The Hall–Kier alpha value is -1.35. The molecule has 0 aromatic heterocycles. The van der Waals surface area contributed by atoms with E-state index in [1.807, 2.05) is 39.0 Å². The topological polar surface area (TPSA) is 35.5 Å². The zero-order valence-electron chi connectivity index (χ0n) is 12.3. The fourth-order valence-corrected chi connectivity index (χ4v) is 2.94. The van der Waals surface area contributed by atoms with Crippen LogP contribution in [0.5, 0.6) is 5.75 Å². The van der Waals surface area contributed by atoms with E-state index in [0.717, 1.165) is 16.9 Å². The Bertz CT molecular complexity index is 481. The normalized spacial score (nSPS) is 30.4. The van der Waals surface area contributed by atoms with Crippen LogP contribution >= 0.6 is 0 Å². The van der Waals surface area contributed by atoms with E-state index in [0.29, 0.717) is 0 Å². The average molecular weight is 262 g/mol. The fraction of sp³-hybridized carbons (Fsp3) is 0.562. The first kappa shape index (κ1) is 14.1. The number of rotatable bonds is 3. The van der Waals surface area contributed by atoms with E-state index in [4.69, 9.17) is 9.47 Å². The molecule has 3 nitrogen and oxygen atoms in total. The molecule has 3 heteroatoms. The summed E-state index contributed by atoms with van der Waals surface area (Å²) in [6.45, 7) is 8.07. The number of carbonyl (C=O) groups excluding carboxylic acids is 1. The molecule has 104 valence electrons. The predicted molar refractivity (Wildman–Crippen MR) is 74.7 cm³/mol. The first-order chi connectivity index (χ1) is 8.95. The monoisotopic (exact) mass is 262 g/mol. The van der Waals surface area contributed by atoms with E-state index in [1.54, 1.807) is 7.11 Å².